The lowest BCUT2D eigenvalue weighted by Crippen LogP contribution is -2.31. The van der Waals surface area contributed by atoms with Gasteiger partial charge in [0.15, 0.2) is 0 Å². The summed E-state index contributed by atoms with van der Waals surface area (Å²) >= 11 is 5.15. The van der Waals surface area contributed by atoms with Gasteiger partial charge in [-0.05, 0) is 24.4 Å². The summed E-state index contributed by atoms with van der Waals surface area (Å²) in [5.41, 5.74) is 0. The highest BCUT2D eigenvalue weighted by molar-refractivity contribution is 6.63. The van der Waals surface area contributed by atoms with Gasteiger partial charge in [-0.15, -0.1) is 5.06 Å². The van der Waals surface area contributed by atoms with Crippen molar-refractivity contribution in [2.45, 2.75) is 117 Å². The summed E-state index contributed by atoms with van der Waals surface area (Å²) in [6, 6.07) is 0. The van der Waals surface area contributed by atoms with Gasteiger partial charge in [-0.2, -0.15) is 5.06 Å². The highest BCUT2D eigenvalue weighted by Gasteiger charge is 2.32. The maximum absolute atomic E-state index is 11.4. The molecule has 2 saturated heterocycles. The van der Waals surface area contributed by atoms with Crippen LogP contribution in [-0.2, 0) is 33.6 Å². The van der Waals surface area contributed by atoms with Crippen LogP contribution in [0.4, 0.5) is 0 Å². The Morgan fingerprint density at radius 2 is 1.11 bits per heavy atom. The zero-order valence-corrected chi connectivity index (χ0v) is 21.6. The zero-order valence-electron chi connectivity index (χ0n) is 20.9. The lowest BCUT2D eigenvalue weighted by Gasteiger charge is -2.12. The summed E-state index contributed by atoms with van der Waals surface area (Å²) < 4.78 is 0. The minimum atomic E-state index is -0.505. The van der Waals surface area contributed by atoms with Gasteiger partial charge in [-0.1, -0.05) is 65.2 Å². The van der Waals surface area contributed by atoms with Crippen molar-refractivity contribution in [2.24, 2.45) is 0 Å². The molecule has 2 aliphatic rings. The Morgan fingerprint density at radius 1 is 0.714 bits per heavy atom. The molecule has 2 aliphatic heterocycles. The molecule has 0 aromatic rings. The number of nitrogens with zero attached hydrogens (tertiary/aromatic N) is 2. The van der Waals surface area contributed by atoms with Crippen molar-refractivity contribution in [3.63, 3.8) is 0 Å². The molecule has 4 amide bonds. The molecule has 2 rings (SSSR count). The molecule has 0 atom stereocenters. The number of amides is 4. The molecule has 0 unspecified atom stereocenters. The van der Waals surface area contributed by atoms with E-state index < -0.39 is 29.6 Å². The van der Waals surface area contributed by atoms with Gasteiger partial charge in [0.05, 0.1) is 0 Å². The molecule has 0 saturated carbocycles. The number of rotatable bonds is 13. The molecule has 200 valence electrons. The molecule has 0 spiro atoms. The van der Waals surface area contributed by atoms with E-state index in [1.807, 2.05) is 0 Å². The summed E-state index contributed by atoms with van der Waals surface area (Å²) in [7, 11) is 0. The molecule has 0 aliphatic carbocycles. The number of imide groups is 2. The summed E-state index contributed by atoms with van der Waals surface area (Å²) in [5, 5.41) is 8.97. The molecule has 2 heterocycles. The Hall–Kier alpha value is -2.33. The lowest BCUT2D eigenvalue weighted by atomic mass is 10.1. The van der Waals surface area contributed by atoms with Crippen LogP contribution in [-0.4, -0.2) is 50.2 Å². The van der Waals surface area contributed by atoms with Crippen LogP contribution in [0.3, 0.4) is 0 Å². The van der Waals surface area contributed by atoms with Crippen LogP contribution in [0.1, 0.15) is 117 Å². The summed E-state index contributed by atoms with van der Waals surface area (Å²) in [4.78, 5) is 69.1. The Kier molecular flexibility index (Phi) is 18.6. The highest BCUT2D eigenvalue weighted by Crippen LogP contribution is 2.14. The summed E-state index contributed by atoms with van der Waals surface area (Å²) in [6.07, 6.45) is 12.4. The van der Waals surface area contributed by atoms with Crippen LogP contribution >= 0.6 is 11.6 Å². The first kappa shape index (κ1) is 32.7. The lowest BCUT2D eigenvalue weighted by molar-refractivity contribution is -0.197. The highest BCUT2D eigenvalue weighted by atomic mass is 35.5. The average Bonchev–Trinajstić information content (AvgIpc) is 3.29. The molecule has 11 heteroatoms. The van der Waals surface area contributed by atoms with E-state index in [-0.39, 0.29) is 42.4 Å². The molecule has 2 fully saturated rings. The van der Waals surface area contributed by atoms with E-state index in [0.29, 0.717) is 11.5 Å². The standard InChI is InChI=1S/C12H19NO4.C8H15ClO.C4H5NO3/c1-2-3-4-5-6-7-12(16)17-13-10(14)8-9-11(13)15;1-2-3-4-5-6-7-8(9)10;6-3-1-2-4(7)5(3)8/h2-9H2,1H3;2-7H2,1H3;8H,1-2H2. The van der Waals surface area contributed by atoms with E-state index in [9.17, 15) is 28.8 Å². The second-order valence-electron chi connectivity index (χ2n) is 8.33. The van der Waals surface area contributed by atoms with Gasteiger partial charge in [0.1, 0.15) is 0 Å². The number of hydroxylamine groups is 4. The normalized spacial score (nSPS) is 15.0. The van der Waals surface area contributed by atoms with Gasteiger partial charge < -0.3 is 4.84 Å². The average molecular weight is 519 g/mol. The van der Waals surface area contributed by atoms with Crippen molar-refractivity contribution in [1.82, 2.24) is 10.1 Å². The minimum absolute atomic E-state index is 0.141. The van der Waals surface area contributed by atoms with Crippen molar-refractivity contribution < 1.29 is 38.8 Å². The summed E-state index contributed by atoms with van der Waals surface area (Å²) in [6.45, 7) is 4.30. The number of hydrogen-bond acceptors (Lipinski definition) is 8. The van der Waals surface area contributed by atoms with Gasteiger partial charge in [-0.25, -0.2) is 4.79 Å². The SMILES string of the molecule is CCCCCCCC(=O)Cl.CCCCCCCC(=O)ON1C(=O)CCC1=O.O=C1CCC(=O)N1O. The van der Waals surface area contributed by atoms with Crippen molar-refractivity contribution in [2.75, 3.05) is 0 Å². The number of hydrogen-bond donors (Lipinski definition) is 1. The van der Waals surface area contributed by atoms with Crippen molar-refractivity contribution in [3.8, 4) is 0 Å². The Bertz CT molecular complexity index is 682. The largest absolute Gasteiger partial charge is 0.333 e. The maximum Gasteiger partial charge on any atom is 0.333 e. The number of unbranched alkanes of at least 4 members (excludes halogenated alkanes) is 8. The fourth-order valence-corrected chi connectivity index (χ4v) is 3.24. The fourth-order valence-electron chi connectivity index (χ4n) is 3.11. The van der Waals surface area contributed by atoms with Crippen LogP contribution in [0.5, 0.6) is 0 Å². The maximum atomic E-state index is 11.4. The molecule has 35 heavy (non-hydrogen) atoms. The molecule has 0 aromatic carbocycles. The molecule has 0 radical (unpaired) electrons. The van der Waals surface area contributed by atoms with Gasteiger partial charge in [0.25, 0.3) is 23.6 Å². The van der Waals surface area contributed by atoms with E-state index in [0.717, 1.165) is 44.9 Å². The van der Waals surface area contributed by atoms with E-state index in [2.05, 4.69) is 13.8 Å². The van der Waals surface area contributed by atoms with Crippen LogP contribution < -0.4 is 0 Å². The molecular formula is C24H39ClN2O8. The van der Waals surface area contributed by atoms with E-state index in [1.54, 1.807) is 0 Å². The van der Waals surface area contributed by atoms with Gasteiger partial charge in [0.2, 0.25) is 5.24 Å². The predicted molar refractivity (Wildman–Crippen MR) is 128 cm³/mol. The first-order chi connectivity index (χ1) is 16.6. The zero-order chi connectivity index (χ0) is 26.6. The Balaban J connectivity index is 0.000000544. The minimum Gasteiger partial charge on any atom is -0.330 e. The second-order valence-corrected chi connectivity index (χ2v) is 8.75. The number of carbonyl (C=O) groups is 6. The van der Waals surface area contributed by atoms with Crippen molar-refractivity contribution in [1.29, 1.82) is 0 Å². The number of carbonyl (C=O) groups excluding carboxylic acids is 6. The van der Waals surface area contributed by atoms with Crippen LogP contribution in [0, 0.1) is 0 Å². The third-order valence-electron chi connectivity index (χ3n) is 5.19. The molecular weight excluding hydrogens is 480 g/mol. The van der Waals surface area contributed by atoms with E-state index >= 15 is 0 Å². The van der Waals surface area contributed by atoms with E-state index in [1.165, 1.54) is 19.3 Å². The van der Waals surface area contributed by atoms with Crippen LogP contribution in [0.2, 0.25) is 0 Å². The smallest absolute Gasteiger partial charge is 0.330 e. The molecule has 0 aromatic heterocycles. The van der Waals surface area contributed by atoms with E-state index in [4.69, 9.17) is 21.6 Å². The molecule has 1 N–H and O–H groups in total. The van der Waals surface area contributed by atoms with Crippen molar-refractivity contribution >= 4 is 46.4 Å². The van der Waals surface area contributed by atoms with Crippen LogP contribution in [0.25, 0.3) is 0 Å². The van der Waals surface area contributed by atoms with Gasteiger partial charge in [0, 0.05) is 38.5 Å². The first-order valence-corrected chi connectivity index (χ1v) is 12.8. The third kappa shape index (κ3) is 16.1. The number of halogens is 1. The van der Waals surface area contributed by atoms with Gasteiger partial charge in [-0.3, -0.25) is 29.2 Å². The monoisotopic (exact) mass is 518 g/mol. The molecule has 0 bridgehead atoms. The van der Waals surface area contributed by atoms with Gasteiger partial charge >= 0.3 is 5.97 Å². The topological polar surface area (TPSA) is 138 Å². The first-order valence-electron chi connectivity index (χ1n) is 12.4. The Labute approximate surface area is 212 Å². The van der Waals surface area contributed by atoms with Crippen molar-refractivity contribution in [3.05, 3.63) is 0 Å². The second kappa shape index (κ2) is 19.9. The fraction of sp³-hybridized carbons (Fsp3) is 0.750. The molecule has 10 nitrogen and oxygen atoms in total. The summed E-state index contributed by atoms with van der Waals surface area (Å²) in [5.74, 6) is -2.35. The quantitative estimate of drug-likeness (QED) is 0.162. The Morgan fingerprint density at radius 3 is 1.49 bits per heavy atom. The predicted octanol–water partition coefficient (Wildman–Crippen LogP) is 4.59. The van der Waals surface area contributed by atoms with Crippen LogP contribution in [0.15, 0.2) is 0 Å². The third-order valence-corrected chi connectivity index (χ3v) is 5.37.